The van der Waals surface area contributed by atoms with Gasteiger partial charge in [0.15, 0.2) is 0 Å². The zero-order chi connectivity index (χ0) is 13.6. The van der Waals surface area contributed by atoms with Gasteiger partial charge >= 0.3 is 12.1 Å². The molecule has 2 unspecified atom stereocenters. The van der Waals surface area contributed by atoms with Crippen molar-refractivity contribution in [1.82, 2.24) is 5.32 Å². The van der Waals surface area contributed by atoms with Crippen molar-refractivity contribution >= 4 is 5.91 Å². The molecular formula is C11H20F3NO2. The van der Waals surface area contributed by atoms with Crippen LogP contribution in [0.4, 0.5) is 13.2 Å². The lowest BCUT2D eigenvalue weighted by Gasteiger charge is -2.22. The van der Waals surface area contributed by atoms with Gasteiger partial charge in [0, 0.05) is 0 Å². The normalized spacial score (nSPS) is 18.8. The van der Waals surface area contributed by atoms with E-state index >= 15 is 0 Å². The fourth-order valence-corrected chi connectivity index (χ4v) is 1.03. The zero-order valence-corrected chi connectivity index (χ0v) is 10.6. The number of ether oxygens (including phenoxy) is 1. The summed E-state index contributed by atoms with van der Waals surface area (Å²) >= 11 is 0. The summed E-state index contributed by atoms with van der Waals surface area (Å²) in [6, 6.07) is -0.639. The molecule has 0 bridgehead atoms. The molecule has 2 atom stereocenters. The molecule has 1 saturated carbocycles. The molecule has 1 amide bonds. The minimum absolute atomic E-state index is 0.158. The predicted octanol–water partition coefficient (Wildman–Crippen LogP) is 2.65. The smallest absolute Gasteiger partial charge is 0.373 e. The quantitative estimate of drug-likeness (QED) is 0.838. The van der Waals surface area contributed by atoms with E-state index in [9.17, 15) is 18.0 Å². The highest BCUT2D eigenvalue weighted by Gasteiger charge is 2.40. The summed E-state index contributed by atoms with van der Waals surface area (Å²) in [7, 11) is 0. The molecule has 17 heavy (non-hydrogen) atoms. The van der Waals surface area contributed by atoms with Crippen LogP contribution in [0.5, 0.6) is 0 Å². The van der Waals surface area contributed by atoms with E-state index in [2.05, 4.69) is 0 Å². The molecule has 6 heteroatoms. The Morgan fingerprint density at radius 1 is 1.29 bits per heavy atom. The van der Waals surface area contributed by atoms with Crippen molar-refractivity contribution in [1.29, 1.82) is 0 Å². The van der Waals surface area contributed by atoms with Gasteiger partial charge in [0.25, 0.3) is 0 Å². The van der Waals surface area contributed by atoms with Gasteiger partial charge in [0.2, 0.25) is 0 Å². The van der Waals surface area contributed by atoms with Crippen LogP contribution in [0.15, 0.2) is 0 Å². The van der Waals surface area contributed by atoms with Gasteiger partial charge in [-0.3, -0.25) is 4.79 Å². The summed E-state index contributed by atoms with van der Waals surface area (Å²) in [5, 5.41) is 1.86. The molecule has 0 saturated heterocycles. The zero-order valence-electron chi connectivity index (χ0n) is 10.6. The van der Waals surface area contributed by atoms with Gasteiger partial charge in [0.1, 0.15) is 0 Å². The van der Waals surface area contributed by atoms with Gasteiger partial charge in [-0.05, 0) is 26.7 Å². The van der Waals surface area contributed by atoms with Crippen molar-refractivity contribution in [3.05, 3.63) is 0 Å². The Morgan fingerprint density at radius 2 is 1.76 bits per heavy atom. The highest BCUT2D eigenvalue weighted by Crippen LogP contribution is 2.25. The minimum atomic E-state index is -4.83. The Bertz CT molecular complexity index is 239. The van der Waals surface area contributed by atoms with Gasteiger partial charge in [-0.1, -0.05) is 13.8 Å². The Labute approximate surface area is 99.7 Å². The topological polar surface area (TPSA) is 38.3 Å². The van der Waals surface area contributed by atoms with Crippen molar-refractivity contribution in [2.75, 3.05) is 0 Å². The van der Waals surface area contributed by atoms with Crippen LogP contribution in [0.2, 0.25) is 0 Å². The monoisotopic (exact) mass is 255 g/mol. The van der Waals surface area contributed by atoms with Gasteiger partial charge in [-0.15, -0.1) is 0 Å². The molecule has 1 aliphatic rings. The van der Waals surface area contributed by atoms with E-state index < -0.39 is 24.2 Å². The van der Waals surface area contributed by atoms with Crippen molar-refractivity contribution in [3.63, 3.8) is 0 Å². The van der Waals surface area contributed by atoms with Crippen LogP contribution < -0.4 is 5.32 Å². The first kappa shape index (κ1) is 16.2. The summed E-state index contributed by atoms with van der Waals surface area (Å²) < 4.78 is 41.0. The lowest BCUT2D eigenvalue weighted by atomic mass is 10.2. The van der Waals surface area contributed by atoms with Crippen LogP contribution in [-0.4, -0.2) is 30.3 Å². The maximum atomic E-state index is 11.9. The molecule has 0 spiro atoms. The molecule has 0 aromatic carbocycles. The molecule has 3 nitrogen and oxygen atoms in total. The first-order valence-corrected chi connectivity index (χ1v) is 5.84. The number of carbonyl (C=O) groups excluding carboxylic acids is 1. The Morgan fingerprint density at radius 3 is 2.12 bits per heavy atom. The predicted molar refractivity (Wildman–Crippen MR) is 58.6 cm³/mol. The van der Waals surface area contributed by atoms with E-state index in [4.69, 9.17) is 4.74 Å². The third-order valence-corrected chi connectivity index (χ3v) is 2.25. The SMILES string of the molecule is CC.CC(NC(=O)C(F)(F)F)C(C)OC1CC1. The van der Waals surface area contributed by atoms with Crippen molar-refractivity contribution in [2.24, 2.45) is 0 Å². The van der Waals surface area contributed by atoms with Crippen LogP contribution >= 0.6 is 0 Å². The second-order valence-corrected chi connectivity index (χ2v) is 3.80. The molecule has 0 aromatic heterocycles. The van der Waals surface area contributed by atoms with Crippen molar-refractivity contribution in [2.45, 2.75) is 65.0 Å². The molecular weight excluding hydrogens is 235 g/mol. The molecule has 0 heterocycles. The molecule has 1 rings (SSSR count). The average Bonchev–Trinajstić information content (AvgIpc) is 3.03. The van der Waals surface area contributed by atoms with E-state index in [0.29, 0.717) is 0 Å². The molecule has 1 fully saturated rings. The van der Waals surface area contributed by atoms with Gasteiger partial charge < -0.3 is 10.1 Å². The number of hydrogen-bond acceptors (Lipinski definition) is 2. The molecule has 1 aliphatic carbocycles. The van der Waals surface area contributed by atoms with Crippen LogP contribution in [0.25, 0.3) is 0 Å². The Kier molecular flexibility index (Phi) is 6.52. The highest BCUT2D eigenvalue weighted by molar-refractivity contribution is 5.81. The second-order valence-electron chi connectivity index (χ2n) is 3.80. The van der Waals surface area contributed by atoms with E-state index in [0.717, 1.165) is 12.8 Å². The molecule has 0 aromatic rings. The fourth-order valence-electron chi connectivity index (χ4n) is 1.03. The lowest BCUT2D eigenvalue weighted by Crippen LogP contribution is -2.47. The van der Waals surface area contributed by atoms with Crippen molar-refractivity contribution in [3.8, 4) is 0 Å². The lowest BCUT2D eigenvalue weighted by molar-refractivity contribution is -0.175. The van der Waals surface area contributed by atoms with E-state index in [-0.39, 0.29) is 6.10 Å². The van der Waals surface area contributed by atoms with Crippen LogP contribution in [0.1, 0.15) is 40.5 Å². The number of hydrogen-bond donors (Lipinski definition) is 1. The number of alkyl halides is 3. The Hall–Kier alpha value is -0.780. The summed E-state index contributed by atoms with van der Waals surface area (Å²) in [6.45, 7) is 7.15. The maximum absolute atomic E-state index is 11.9. The number of halogens is 3. The van der Waals surface area contributed by atoms with Crippen molar-refractivity contribution < 1.29 is 22.7 Å². The number of amides is 1. The van der Waals surface area contributed by atoms with E-state index in [1.165, 1.54) is 6.92 Å². The van der Waals surface area contributed by atoms with Crippen LogP contribution in [0.3, 0.4) is 0 Å². The van der Waals surface area contributed by atoms with E-state index in [1.807, 2.05) is 19.2 Å². The average molecular weight is 255 g/mol. The third-order valence-electron chi connectivity index (χ3n) is 2.25. The largest absolute Gasteiger partial charge is 0.471 e. The summed E-state index contributed by atoms with van der Waals surface area (Å²) in [6.07, 6.45) is -3.17. The Balaban J connectivity index is 0.00000121. The van der Waals surface area contributed by atoms with Gasteiger partial charge in [-0.2, -0.15) is 13.2 Å². The van der Waals surface area contributed by atoms with E-state index in [1.54, 1.807) is 6.92 Å². The van der Waals surface area contributed by atoms with Gasteiger partial charge in [0.05, 0.1) is 18.2 Å². The maximum Gasteiger partial charge on any atom is 0.471 e. The number of nitrogens with one attached hydrogen (secondary N) is 1. The van der Waals surface area contributed by atoms with Crippen LogP contribution in [0, 0.1) is 0 Å². The summed E-state index contributed by atoms with van der Waals surface area (Å²) in [5.41, 5.74) is 0. The first-order chi connectivity index (χ1) is 7.80. The molecule has 102 valence electrons. The van der Waals surface area contributed by atoms with Gasteiger partial charge in [-0.25, -0.2) is 0 Å². The first-order valence-electron chi connectivity index (χ1n) is 5.84. The van der Waals surface area contributed by atoms with Crippen LogP contribution in [-0.2, 0) is 9.53 Å². The summed E-state index contributed by atoms with van der Waals surface area (Å²) in [4.78, 5) is 10.6. The number of carbonyl (C=O) groups is 1. The standard InChI is InChI=1S/C9H14F3NO2.C2H6/c1-5(6(2)15-7-3-4-7)13-8(14)9(10,11)12;1-2/h5-7H,3-4H2,1-2H3,(H,13,14);1-2H3. The molecule has 0 aliphatic heterocycles. The fraction of sp³-hybridized carbons (Fsp3) is 0.909. The minimum Gasteiger partial charge on any atom is -0.373 e. The molecule has 0 radical (unpaired) electrons. The highest BCUT2D eigenvalue weighted by atomic mass is 19.4. The third kappa shape index (κ3) is 6.51. The summed E-state index contributed by atoms with van der Waals surface area (Å²) in [5.74, 6) is -1.92. The molecule has 1 N–H and O–H groups in total. The number of rotatable bonds is 4. The second kappa shape index (κ2) is 6.83.